The maximum absolute atomic E-state index is 7.03. The zero-order chi connectivity index (χ0) is 23.3. The minimum atomic E-state index is -1.52. The van der Waals surface area contributed by atoms with E-state index >= 15 is 0 Å². The molecule has 0 aromatic rings. The Morgan fingerprint density at radius 3 is 2.22 bits per heavy atom. The summed E-state index contributed by atoms with van der Waals surface area (Å²) in [4.78, 5) is 0. The van der Waals surface area contributed by atoms with Crippen LogP contribution < -0.4 is 0 Å². The molecular formula is C30H56OSi. The molecule has 4 saturated carbocycles. The van der Waals surface area contributed by atoms with Crippen LogP contribution in [0, 0.1) is 52.3 Å². The van der Waals surface area contributed by atoms with Crippen LogP contribution in [0.3, 0.4) is 0 Å². The topological polar surface area (TPSA) is 9.23 Å². The van der Waals surface area contributed by atoms with Crippen LogP contribution in [-0.4, -0.2) is 14.4 Å². The molecule has 0 heterocycles. The van der Waals surface area contributed by atoms with Gasteiger partial charge < -0.3 is 4.43 Å². The Hall–Kier alpha value is 0.177. The van der Waals surface area contributed by atoms with Crippen molar-refractivity contribution < 1.29 is 4.43 Å². The van der Waals surface area contributed by atoms with Crippen LogP contribution in [0.5, 0.6) is 0 Å². The molecule has 0 N–H and O–H groups in total. The van der Waals surface area contributed by atoms with E-state index in [1.807, 2.05) is 0 Å². The lowest BCUT2D eigenvalue weighted by molar-refractivity contribution is -0.154. The normalized spacial score (nSPS) is 45.3. The Morgan fingerprint density at radius 2 is 1.53 bits per heavy atom. The van der Waals surface area contributed by atoms with Gasteiger partial charge in [-0.1, -0.05) is 66.7 Å². The minimum Gasteiger partial charge on any atom is -0.414 e. The third-order valence-electron chi connectivity index (χ3n) is 11.3. The van der Waals surface area contributed by atoms with Crippen molar-refractivity contribution in [2.45, 2.75) is 137 Å². The number of hydrogen-bond donors (Lipinski definition) is 0. The van der Waals surface area contributed by atoms with Crippen molar-refractivity contribution in [2.24, 2.45) is 52.3 Å². The zero-order valence-corrected chi connectivity index (χ0v) is 24.0. The molecule has 1 nitrogen and oxygen atoms in total. The number of hydrogen-bond acceptors (Lipinski definition) is 1. The highest BCUT2D eigenvalue weighted by atomic mass is 28.4. The fourth-order valence-electron chi connectivity index (χ4n) is 9.93. The summed E-state index contributed by atoms with van der Waals surface area (Å²) in [6.07, 6.45) is 18.1. The van der Waals surface area contributed by atoms with E-state index in [0.29, 0.717) is 16.9 Å². The average Bonchev–Trinajstić information content (AvgIpc) is 3.04. The standard InChI is InChI=1S/C30H56OSi/c1-21(2)12-11-13-22(3)24-15-16-25-23-20-28(31-32(6,7)8)27-14-9-10-18-29(27,4)26(23)17-19-30(24,25)5/h21-28H,9-20H2,1-8H3. The van der Waals surface area contributed by atoms with Gasteiger partial charge in [0.2, 0.25) is 0 Å². The molecule has 0 aromatic heterocycles. The van der Waals surface area contributed by atoms with E-state index < -0.39 is 8.32 Å². The molecule has 0 saturated heterocycles. The fourth-order valence-corrected chi connectivity index (χ4v) is 11.1. The first-order chi connectivity index (χ1) is 15.0. The summed E-state index contributed by atoms with van der Waals surface area (Å²) >= 11 is 0. The molecule has 0 amide bonds. The monoisotopic (exact) mass is 460 g/mol. The molecule has 2 heteroatoms. The number of fused-ring (bicyclic) bond motifs is 5. The molecule has 4 aliphatic carbocycles. The summed E-state index contributed by atoms with van der Waals surface area (Å²) in [7, 11) is -1.52. The molecule has 0 aliphatic heterocycles. The van der Waals surface area contributed by atoms with Gasteiger partial charge in [-0.3, -0.25) is 0 Å². The Kier molecular flexibility index (Phi) is 7.37. The van der Waals surface area contributed by atoms with Crippen LogP contribution in [0.25, 0.3) is 0 Å². The molecule has 4 rings (SSSR count). The van der Waals surface area contributed by atoms with Crippen LogP contribution in [0.15, 0.2) is 0 Å². The van der Waals surface area contributed by atoms with Crippen molar-refractivity contribution in [3.63, 3.8) is 0 Å². The van der Waals surface area contributed by atoms with E-state index in [0.717, 1.165) is 41.4 Å². The van der Waals surface area contributed by atoms with Gasteiger partial charge in [0.1, 0.15) is 0 Å². The lowest BCUT2D eigenvalue weighted by Gasteiger charge is -2.63. The Bertz CT molecular complexity index is 637. The van der Waals surface area contributed by atoms with Crippen LogP contribution in [0.4, 0.5) is 0 Å². The van der Waals surface area contributed by atoms with Crippen molar-refractivity contribution >= 4 is 8.32 Å². The zero-order valence-electron chi connectivity index (χ0n) is 23.0. The van der Waals surface area contributed by atoms with Gasteiger partial charge in [-0.2, -0.15) is 0 Å². The van der Waals surface area contributed by atoms with Crippen LogP contribution >= 0.6 is 0 Å². The summed E-state index contributed by atoms with van der Waals surface area (Å²) in [6, 6.07) is 0. The molecule has 32 heavy (non-hydrogen) atoms. The Labute approximate surface area is 202 Å². The molecule has 0 radical (unpaired) electrons. The highest BCUT2D eigenvalue weighted by Crippen LogP contribution is 2.68. The van der Waals surface area contributed by atoms with Gasteiger partial charge in [0.05, 0.1) is 0 Å². The van der Waals surface area contributed by atoms with E-state index in [2.05, 4.69) is 54.3 Å². The Morgan fingerprint density at radius 1 is 0.812 bits per heavy atom. The van der Waals surface area contributed by atoms with Gasteiger partial charge in [0.15, 0.2) is 8.32 Å². The molecule has 4 aliphatic rings. The van der Waals surface area contributed by atoms with E-state index in [1.165, 1.54) is 77.0 Å². The predicted octanol–water partition coefficient (Wildman–Crippen LogP) is 9.33. The summed E-state index contributed by atoms with van der Waals surface area (Å²) < 4.78 is 7.03. The first kappa shape index (κ1) is 25.3. The van der Waals surface area contributed by atoms with Crippen molar-refractivity contribution in [2.75, 3.05) is 0 Å². The maximum Gasteiger partial charge on any atom is 0.184 e. The van der Waals surface area contributed by atoms with Crippen molar-refractivity contribution in [3.8, 4) is 0 Å². The largest absolute Gasteiger partial charge is 0.414 e. The number of rotatable bonds is 7. The Balaban J connectivity index is 1.54. The van der Waals surface area contributed by atoms with E-state index in [-0.39, 0.29) is 0 Å². The van der Waals surface area contributed by atoms with Gasteiger partial charge >= 0.3 is 0 Å². The third-order valence-corrected chi connectivity index (χ3v) is 12.3. The van der Waals surface area contributed by atoms with E-state index in [1.54, 1.807) is 0 Å². The first-order valence-electron chi connectivity index (χ1n) is 14.6. The maximum atomic E-state index is 7.03. The molecule has 9 atom stereocenters. The molecule has 0 bridgehead atoms. The molecule has 4 fully saturated rings. The summed E-state index contributed by atoms with van der Waals surface area (Å²) in [5.41, 5.74) is 1.15. The third kappa shape index (κ3) is 4.67. The second-order valence-corrected chi connectivity index (χ2v) is 19.2. The molecular weight excluding hydrogens is 404 g/mol. The van der Waals surface area contributed by atoms with Crippen LogP contribution in [0.1, 0.15) is 112 Å². The lowest BCUT2D eigenvalue weighted by atomic mass is 9.44. The second kappa shape index (κ2) is 9.33. The fraction of sp³-hybridized carbons (Fsp3) is 1.00. The smallest absolute Gasteiger partial charge is 0.184 e. The van der Waals surface area contributed by atoms with E-state index in [4.69, 9.17) is 4.43 Å². The van der Waals surface area contributed by atoms with Crippen molar-refractivity contribution in [1.82, 2.24) is 0 Å². The molecule has 186 valence electrons. The van der Waals surface area contributed by atoms with Gasteiger partial charge in [-0.05, 0) is 117 Å². The highest BCUT2D eigenvalue weighted by molar-refractivity contribution is 6.69. The van der Waals surface area contributed by atoms with Crippen molar-refractivity contribution in [3.05, 3.63) is 0 Å². The van der Waals surface area contributed by atoms with Gasteiger partial charge in [0.25, 0.3) is 0 Å². The summed E-state index contributed by atoms with van der Waals surface area (Å²) in [5, 5.41) is 0. The second-order valence-electron chi connectivity index (χ2n) is 14.8. The molecule has 0 spiro atoms. The summed E-state index contributed by atoms with van der Waals surface area (Å²) in [5.74, 6) is 6.45. The predicted molar refractivity (Wildman–Crippen MR) is 141 cm³/mol. The lowest BCUT2D eigenvalue weighted by Crippen LogP contribution is -2.58. The quantitative estimate of drug-likeness (QED) is 0.344. The van der Waals surface area contributed by atoms with E-state index in [9.17, 15) is 0 Å². The van der Waals surface area contributed by atoms with Crippen LogP contribution in [0.2, 0.25) is 19.6 Å². The summed E-state index contributed by atoms with van der Waals surface area (Å²) in [6.45, 7) is 20.1. The molecule has 9 unspecified atom stereocenters. The average molecular weight is 461 g/mol. The highest BCUT2D eigenvalue weighted by Gasteiger charge is 2.62. The van der Waals surface area contributed by atoms with Gasteiger partial charge in [-0.25, -0.2) is 0 Å². The van der Waals surface area contributed by atoms with Gasteiger partial charge in [-0.15, -0.1) is 0 Å². The van der Waals surface area contributed by atoms with Gasteiger partial charge in [0, 0.05) is 6.10 Å². The van der Waals surface area contributed by atoms with Crippen LogP contribution in [-0.2, 0) is 4.43 Å². The minimum absolute atomic E-state index is 0.549. The first-order valence-corrected chi connectivity index (χ1v) is 18.0. The SMILES string of the molecule is CC(C)CCCC(C)C1CCC2C3CC(O[Si](C)(C)C)C4CCCCC4(C)C3CCC12C. The molecule has 0 aromatic carbocycles. The van der Waals surface area contributed by atoms with Crippen molar-refractivity contribution in [1.29, 1.82) is 0 Å².